The fourth-order valence-electron chi connectivity index (χ4n) is 1.91. The molecule has 0 spiro atoms. The Kier molecular flexibility index (Phi) is 4.97. The van der Waals surface area contributed by atoms with E-state index < -0.39 is 12.0 Å². The summed E-state index contributed by atoms with van der Waals surface area (Å²) in [6.07, 6.45) is 1.94. The lowest BCUT2D eigenvalue weighted by Gasteiger charge is -2.24. The van der Waals surface area contributed by atoms with Crippen LogP contribution in [0.15, 0.2) is 16.8 Å². The number of urea groups is 1. The van der Waals surface area contributed by atoms with Gasteiger partial charge in [-0.1, -0.05) is 0 Å². The summed E-state index contributed by atoms with van der Waals surface area (Å²) >= 11 is 1.58. The Balaban J connectivity index is 1.97. The lowest BCUT2D eigenvalue weighted by molar-refractivity contribution is -0.140. The maximum atomic E-state index is 12.2. The van der Waals surface area contributed by atoms with Crippen molar-refractivity contribution in [3.63, 3.8) is 0 Å². The number of ether oxygens (including phenoxy) is 1. The average Bonchev–Trinajstić information content (AvgIpc) is 3.12. The standard InChI is InChI=1S/C13H18N2O4S/c1-19-7-11(12(16)17)14-13(18)15(10-2-3-10)6-9-4-5-20-8-9/h4-5,8,10-11H,2-3,6-7H2,1H3,(H,14,18)(H,16,17). The highest BCUT2D eigenvalue weighted by Crippen LogP contribution is 2.28. The van der Waals surface area contributed by atoms with E-state index in [1.165, 1.54) is 7.11 Å². The third-order valence-corrected chi connectivity index (χ3v) is 3.84. The van der Waals surface area contributed by atoms with Gasteiger partial charge < -0.3 is 20.1 Å². The van der Waals surface area contributed by atoms with Crippen molar-refractivity contribution in [2.24, 2.45) is 0 Å². The second-order valence-electron chi connectivity index (χ2n) is 4.79. The first-order valence-electron chi connectivity index (χ1n) is 6.41. The Morgan fingerprint density at radius 2 is 2.35 bits per heavy atom. The third kappa shape index (κ3) is 3.94. The number of methoxy groups -OCH3 is 1. The van der Waals surface area contributed by atoms with E-state index in [9.17, 15) is 9.59 Å². The summed E-state index contributed by atoms with van der Waals surface area (Å²) in [7, 11) is 1.41. The minimum absolute atomic E-state index is 0.0436. The minimum Gasteiger partial charge on any atom is -0.480 e. The van der Waals surface area contributed by atoms with Crippen LogP contribution in [0.3, 0.4) is 0 Å². The molecule has 1 heterocycles. The molecule has 1 saturated carbocycles. The van der Waals surface area contributed by atoms with Gasteiger partial charge >= 0.3 is 12.0 Å². The number of carbonyl (C=O) groups is 2. The molecule has 110 valence electrons. The number of thiophene rings is 1. The topological polar surface area (TPSA) is 78.9 Å². The highest BCUT2D eigenvalue weighted by Gasteiger charge is 2.34. The van der Waals surface area contributed by atoms with Crippen LogP contribution < -0.4 is 5.32 Å². The summed E-state index contributed by atoms with van der Waals surface area (Å²) < 4.78 is 4.82. The minimum atomic E-state index is -1.09. The molecule has 0 bridgehead atoms. The number of rotatable bonds is 7. The zero-order valence-corrected chi connectivity index (χ0v) is 12.1. The molecule has 1 unspecified atom stereocenters. The highest BCUT2D eigenvalue weighted by atomic mass is 32.1. The molecule has 0 aromatic carbocycles. The molecule has 1 atom stereocenters. The number of carbonyl (C=O) groups excluding carboxylic acids is 1. The molecule has 1 aliphatic carbocycles. The Bertz CT molecular complexity index is 459. The summed E-state index contributed by atoms with van der Waals surface area (Å²) in [5, 5.41) is 15.5. The van der Waals surface area contributed by atoms with Crippen LogP contribution >= 0.6 is 11.3 Å². The Hall–Kier alpha value is -1.60. The van der Waals surface area contributed by atoms with Gasteiger partial charge in [0.15, 0.2) is 6.04 Å². The molecule has 1 aliphatic rings. The number of nitrogens with zero attached hydrogens (tertiary/aromatic N) is 1. The first-order valence-corrected chi connectivity index (χ1v) is 7.36. The van der Waals surface area contributed by atoms with E-state index in [2.05, 4.69) is 5.32 Å². The van der Waals surface area contributed by atoms with E-state index in [0.29, 0.717) is 6.54 Å². The van der Waals surface area contributed by atoms with Crippen LogP contribution in [-0.2, 0) is 16.1 Å². The van der Waals surface area contributed by atoms with Gasteiger partial charge in [-0.2, -0.15) is 11.3 Å². The normalized spacial score (nSPS) is 15.7. The van der Waals surface area contributed by atoms with Gasteiger partial charge in [0.2, 0.25) is 0 Å². The van der Waals surface area contributed by atoms with Gasteiger partial charge in [-0.3, -0.25) is 0 Å². The number of amides is 2. The summed E-state index contributed by atoms with van der Waals surface area (Å²) in [4.78, 5) is 25.0. The number of carboxylic acids is 1. The van der Waals surface area contributed by atoms with Gasteiger partial charge in [-0.05, 0) is 35.2 Å². The predicted molar refractivity (Wildman–Crippen MR) is 74.7 cm³/mol. The molecule has 1 fully saturated rings. The second-order valence-corrected chi connectivity index (χ2v) is 5.57. The van der Waals surface area contributed by atoms with Crippen LogP contribution in [0.4, 0.5) is 4.79 Å². The zero-order valence-electron chi connectivity index (χ0n) is 11.2. The summed E-state index contributed by atoms with van der Waals surface area (Å²) in [6, 6.07) is 0.822. The van der Waals surface area contributed by atoms with E-state index in [1.54, 1.807) is 16.2 Å². The predicted octanol–water partition coefficient (Wildman–Crippen LogP) is 1.52. The summed E-state index contributed by atoms with van der Waals surface area (Å²) in [6.45, 7) is 0.470. The monoisotopic (exact) mass is 298 g/mol. The van der Waals surface area contributed by atoms with Crippen LogP contribution in [0.1, 0.15) is 18.4 Å². The Morgan fingerprint density at radius 1 is 1.60 bits per heavy atom. The Labute approximate surface area is 121 Å². The molecule has 1 aromatic rings. The summed E-state index contributed by atoms with van der Waals surface area (Å²) in [5.74, 6) is -1.09. The SMILES string of the molecule is COCC(NC(=O)N(Cc1ccsc1)C1CC1)C(=O)O. The summed E-state index contributed by atoms with van der Waals surface area (Å²) in [5.41, 5.74) is 1.07. The molecule has 0 aliphatic heterocycles. The molecule has 2 rings (SSSR count). The van der Waals surface area contributed by atoms with Crippen molar-refractivity contribution in [1.29, 1.82) is 0 Å². The number of hydrogen-bond donors (Lipinski definition) is 2. The molecule has 2 N–H and O–H groups in total. The fraction of sp³-hybridized carbons (Fsp3) is 0.538. The van der Waals surface area contributed by atoms with Crippen molar-refractivity contribution in [1.82, 2.24) is 10.2 Å². The molecule has 0 radical (unpaired) electrons. The largest absolute Gasteiger partial charge is 0.480 e. The number of hydrogen-bond acceptors (Lipinski definition) is 4. The smallest absolute Gasteiger partial charge is 0.328 e. The molecule has 2 amide bonds. The van der Waals surface area contributed by atoms with Crippen molar-refractivity contribution in [2.75, 3.05) is 13.7 Å². The Morgan fingerprint density at radius 3 is 2.85 bits per heavy atom. The lowest BCUT2D eigenvalue weighted by Crippen LogP contribution is -2.50. The molecule has 1 aromatic heterocycles. The molecule has 20 heavy (non-hydrogen) atoms. The quantitative estimate of drug-likeness (QED) is 0.800. The fourth-order valence-corrected chi connectivity index (χ4v) is 2.57. The van der Waals surface area contributed by atoms with Gasteiger partial charge in [0.25, 0.3) is 0 Å². The lowest BCUT2D eigenvalue weighted by atomic mass is 10.3. The number of carboxylic acid groups (broad SMARTS) is 1. The van der Waals surface area contributed by atoms with Crippen molar-refractivity contribution in [3.05, 3.63) is 22.4 Å². The van der Waals surface area contributed by atoms with E-state index >= 15 is 0 Å². The molecule has 0 saturated heterocycles. The van der Waals surface area contributed by atoms with Crippen molar-refractivity contribution >= 4 is 23.3 Å². The highest BCUT2D eigenvalue weighted by molar-refractivity contribution is 7.07. The number of aliphatic carboxylic acids is 1. The van der Waals surface area contributed by atoms with E-state index in [1.807, 2.05) is 16.8 Å². The first kappa shape index (κ1) is 14.8. The third-order valence-electron chi connectivity index (χ3n) is 3.11. The maximum Gasteiger partial charge on any atom is 0.328 e. The van der Waals surface area contributed by atoms with Crippen LogP contribution in [0.25, 0.3) is 0 Å². The number of nitrogens with one attached hydrogen (secondary N) is 1. The van der Waals surface area contributed by atoms with Crippen molar-refractivity contribution < 1.29 is 19.4 Å². The van der Waals surface area contributed by atoms with E-state index in [4.69, 9.17) is 9.84 Å². The van der Waals surface area contributed by atoms with Crippen molar-refractivity contribution in [2.45, 2.75) is 31.5 Å². The van der Waals surface area contributed by atoms with E-state index in [-0.39, 0.29) is 18.7 Å². The second kappa shape index (κ2) is 6.71. The first-order chi connectivity index (χ1) is 9.61. The average molecular weight is 298 g/mol. The molecule has 6 nitrogen and oxygen atoms in total. The van der Waals surface area contributed by atoms with Gasteiger partial charge in [0, 0.05) is 19.7 Å². The molecular formula is C13H18N2O4S. The van der Waals surface area contributed by atoms with Crippen LogP contribution in [-0.4, -0.2) is 47.8 Å². The van der Waals surface area contributed by atoms with Gasteiger partial charge in [-0.25, -0.2) is 9.59 Å². The van der Waals surface area contributed by atoms with Crippen LogP contribution in [0.2, 0.25) is 0 Å². The van der Waals surface area contributed by atoms with Crippen LogP contribution in [0.5, 0.6) is 0 Å². The maximum absolute atomic E-state index is 12.2. The van der Waals surface area contributed by atoms with Gasteiger partial charge in [0.05, 0.1) is 6.61 Å². The van der Waals surface area contributed by atoms with E-state index in [0.717, 1.165) is 18.4 Å². The van der Waals surface area contributed by atoms with Gasteiger partial charge in [-0.15, -0.1) is 0 Å². The van der Waals surface area contributed by atoms with Crippen LogP contribution in [0, 0.1) is 0 Å². The zero-order chi connectivity index (χ0) is 14.5. The molecular weight excluding hydrogens is 280 g/mol. The molecule has 7 heteroatoms. The van der Waals surface area contributed by atoms with Crippen molar-refractivity contribution in [3.8, 4) is 0 Å². The van der Waals surface area contributed by atoms with Gasteiger partial charge in [0.1, 0.15) is 0 Å².